The topological polar surface area (TPSA) is 83.5 Å². The Bertz CT molecular complexity index is 806. The third-order valence-electron chi connectivity index (χ3n) is 2.99. The molecule has 2 N–H and O–H groups in total. The van der Waals surface area contributed by atoms with Crippen LogP contribution < -0.4 is 4.72 Å². The van der Waals surface area contributed by atoms with E-state index in [1.165, 1.54) is 6.07 Å². The van der Waals surface area contributed by atoms with E-state index >= 15 is 0 Å². The van der Waals surface area contributed by atoms with Crippen LogP contribution in [0.5, 0.6) is 0 Å². The number of thiophene rings is 1. The number of carboxylic acid groups (broad SMARTS) is 1. The number of hydrogen-bond donors (Lipinski definition) is 2. The molecule has 0 spiro atoms. The summed E-state index contributed by atoms with van der Waals surface area (Å²) in [7, 11) is -3.78. The average molecular weight is 325 g/mol. The molecule has 1 aromatic carbocycles. The number of rotatable bonds is 4. The molecule has 0 radical (unpaired) electrons. The maximum atomic E-state index is 12.4. The van der Waals surface area contributed by atoms with Gasteiger partial charge in [0.1, 0.15) is 9.09 Å². The SMILES string of the molecule is Cc1ccc(C)c(NS(=O)(=O)c2cc(C)c(C(=O)O)s2)c1. The summed E-state index contributed by atoms with van der Waals surface area (Å²) in [6.45, 7) is 5.26. The summed E-state index contributed by atoms with van der Waals surface area (Å²) in [5, 5.41) is 9.01. The Morgan fingerprint density at radius 1 is 1.14 bits per heavy atom. The van der Waals surface area contributed by atoms with Gasteiger partial charge >= 0.3 is 5.97 Å². The molecule has 1 heterocycles. The quantitative estimate of drug-likeness (QED) is 0.904. The standard InChI is InChI=1S/C14H15NO4S2/c1-8-4-5-9(2)11(6-8)15-21(18,19)12-7-10(3)13(20-12)14(16)17/h4-7,15H,1-3H3,(H,16,17). The summed E-state index contributed by atoms with van der Waals surface area (Å²) in [6.07, 6.45) is 0. The van der Waals surface area contributed by atoms with Crippen LogP contribution in [0.4, 0.5) is 5.69 Å². The second-order valence-corrected chi connectivity index (χ2v) is 7.77. The monoisotopic (exact) mass is 325 g/mol. The van der Waals surface area contributed by atoms with Gasteiger partial charge in [-0.05, 0) is 49.6 Å². The van der Waals surface area contributed by atoms with Crippen molar-refractivity contribution in [1.29, 1.82) is 0 Å². The van der Waals surface area contributed by atoms with Gasteiger partial charge in [-0.15, -0.1) is 11.3 Å². The molecule has 7 heteroatoms. The molecule has 21 heavy (non-hydrogen) atoms. The van der Waals surface area contributed by atoms with Gasteiger partial charge in [0.2, 0.25) is 0 Å². The number of anilines is 1. The largest absolute Gasteiger partial charge is 0.477 e. The van der Waals surface area contributed by atoms with Gasteiger partial charge in [0.05, 0.1) is 5.69 Å². The van der Waals surface area contributed by atoms with Crippen molar-refractivity contribution in [1.82, 2.24) is 0 Å². The fourth-order valence-corrected chi connectivity index (χ4v) is 4.34. The molecule has 1 aromatic heterocycles. The molecular weight excluding hydrogens is 310 g/mol. The minimum atomic E-state index is -3.78. The zero-order valence-corrected chi connectivity index (χ0v) is 13.4. The van der Waals surface area contributed by atoms with Crippen LogP contribution in [0.3, 0.4) is 0 Å². The first-order valence-electron chi connectivity index (χ1n) is 6.14. The van der Waals surface area contributed by atoms with E-state index in [1.807, 2.05) is 19.1 Å². The van der Waals surface area contributed by atoms with Crippen molar-refractivity contribution in [2.24, 2.45) is 0 Å². The number of benzene rings is 1. The predicted molar refractivity (Wildman–Crippen MR) is 82.7 cm³/mol. The normalized spacial score (nSPS) is 11.4. The molecule has 112 valence electrons. The van der Waals surface area contributed by atoms with Gasteiger partial charge in [-0.25, -0.2) is 13.2 Å². The predicted octanol–water partition coefficient (Wildman–Crippen LogP) is 3.17. The first kappa shape index (κ1) is 15.5. The highest BCUT2D eigenvalue weighted by molar-refractivity contribution is 7.94. The van der Waals surface area contributed by atoms with Crippen LogP contribution in [-0.4, -0.2) is 19.5 Å². The maximum absolute atomic E-state index is 12.4. The molecule has 0 aliphatic heterocycles. The van der Waals surface area contributed by atoms with Gasteiger partial charge in [-0.2, -0.15) is 0 Å². The smallest absolute Gasteiger partial charge is 0.346 e. The minimum Gasteiger partial charge on any atom is -0.477 e. The van der Waals surface area contributed by atoms with Crippen LogP contribution in [0.25, 0.3) is 0 Å². The van der Waals surface area contributed by atoms with Gasteiger partial charge in [0.15, 0.2) is 0 Å². The van der Waals surface area contributed by atoms with E-state index in [-0.39, 0.29) is 9.09 Å². The molecule has 0 saturated carbocycles. The van der Waals surface area contributed by atoms with Gasteiger partial charge in [0, 0.05) is 0 Å². The van der Waals surface area contributed by atoms with Crippen LogP contribution in [0.1, 0.15) is 26.4 Å². The van der Waals surface area contributed by atoms with Crippen molar-refractivity contribution < 1.29 is 18.3 Å². The minimum absolute atomic E-state index is 0.00157. The van der Waals surface area contributed by atoms with E-state index in [0.29, 0.717) is 11.3 Å². The molecule has 0 amide bonds. The third-order valence-corrected chi connectivity index (χ3v) is 6.06. The number of hydrogen-bond acceptors (Lipinski definition) is 4. The van der Waals surface area contributed by atoms with Gasteiger partial charge in [-0.3, -0.25) is 4.72 Å². The molecule has 0 aliphatic rings. The Kier molecular flexibility index (Phi) is 4.06. The summed E-state index contributed by atoms with van der Waals surface area (Å²) in [4.78, 5) is 11.1. The highest BCUT2D eigenvalue weighted by Crippen LogP contribution is 2.28. The lowest BCUT2D eigenvalue weighted by molar-refractivity contribution is 0.0701. The lowest BCUT2D eigenvalue weighted by Crippen LogP contribution is -2.12. The molecule has 0 bridgehead atoms. The van der Waals surface area contributed by atoms with Crippen LogP contribution in [0.15, 0.2) is 28.5 Å². The summed E-state index contributed by atoms with van der Waals surface area (Å²) < 4.78 is 27.2. The van der Waals surface area contributed by atoms with Crippen molar-refractivity contribution in [3.8, 4) is 0 Å². The second-order valence-electron chi connectivity index (χ2n) is 4.81. The van der Waals surface area contributed by atoms with E-state index in [1.54, 1.807) is 19.9 Å². The summed E-state index contributed by atoms with van der Waals surface area (Å²) in [6, 6.07) is 6.84. The zero-order valence-electron chi connectivity index (χ0n) is 11.8. The molecule has 0 unspecified atom stereocenters. The van der Waals surface area contributed by atoms with Crippen molar-refractivity contribution in [3.63, 3.8) is 0 Å². The maximum Gasteiger partial charge on any atom is 0.346 e. The van der Waals surface area contributed by atoms with E-state index in [4.69, 9.17) is 5.11 Å². The Labute approximate surface area is 127 Å². The average Bonchev–Trinajstić information content (AvgIpc) is 2.77. The summed E-state index contributed by atoms with van der Waals surface area (Å²) >= 11 is 0.754. The second kappa shape index (κ2) is 5.50. The Hall–Kier alpha value is -1.86. The summed E-state index contributed by atoms with van der Waals surface area (Å²) in [5.74, 6) is -1.12. The molecule has 0 fully saturated rings. The summed E-state index contributed by atoms with van der Waals surface area (Å²) in [5.41, 5.74) is 2.68. The van der Waals surface area contributed by atoms with Crippen LogP contribution in [0.2, 0.25) is 0 Å². The lowest BCUT2D eigenvalue weighted by Gasteiger charge is -2.10. The molecule has 2 aromatic rings. The van der Waals surface area contributed by atoms with Crippen LogP contribution in [0, 0.1) is 20.8 Å². The molecular formula is C14H15NO4S2. The Morgan fingerprint density at radius 3 is 2.38 bits per heavy atom. The highest BCUT2D eigenvalue weighted by Gasteiger charge is 2.22. The van der Waals surface area contributed by atoms with Gasteiger partial charge in [-0.1, -0.05) is 12.1 Å². The molecule has 0 aliphatic carbocycles. The number of aromatic carboxylic acids is 1. The Balaban J connectivity index is 2.41. The highest BCUT2D eigenvalue weighted by atomic mass is 32.2. The van der Waals surface area contributed by atoms with E-state index in [2.05, 4.69) is 4.72 Å². The molecule has 0 atom stereocenters. The van der Waals surface area contributed by atoms with E-state index in [0.717, 1.165) is 22.5 Å². The Morgan fingerprint density at radius 2 is 1.81 bits per heavy atom. The van der Waals surface area contributed by atoms with Crippen molar-refractivity contribution in [2.75, 3.05) is 4.72 Å². The third kappa shape index (κ3) is 3.25. The van der Waals surface area contributed by atoms with E-state index < -0.39 is 16.0 Å². The van der Waals surface area contributed by atoms with Crippen LogP contribution >= 0.6 is 11.3 Å². The fraction of sp³-hybridized carbons (Fsp3) is 0.214. The zero-order chi connectivity index (χ0) is 15.8. The number of sulfonamides is 1. The molecule has 2 rings (SSSR count). The van der Waals surface area contributed by atoms with Crippen molar-refractivity contribution in [2.45, 2.75) is 25.0 Å². The fourth-order valence-electron chi connectivity index (χ4n) is 1.84. The van der Waals surface area contributed by atoms with Gasteiger partial charge in [0.25, 0.3) is 10.0 Å². The first-order chi connectivity index (χ1) is 9.70. The van der Waals surface area contributed by atoms with Crippen molar-refractivity contribution >= 4 is 33.0 Å². The number of nitrogens with one attached hydrogen (secondary N) is 1. The van der Waals surface area contributed by atoms with E-state index in [9.17, 15) is 13.2 Å². The van der Waals surface area contributed by atoms with Gasteiger partial charge < -0.3 is 5.11 Å². The lowest BCUT2D eigenvalue weighted by atomic mass is 10.1. The number of aryl methyl sites for hydroxylation is 3. The number of carboxylic acids is 1. The first-order valence-corrected chi connectivity index (χ1v) is 8.44. The van der Waals surface area contributed by atoms with Crippen LogP contribution in [-0.2, 0) is 10.0 Å². The molecule has 0 saturated heterocycles. The molecule has 5 nitrogen and oxygen atoms in total. The number of carbonyl (C=O) groups is 1. The van der Waals surface area contributed by atoms with Crippen molar-refractivity contribution in [3.05, 3.63) is 45.8 Å².